The molecule has 0 aliphatic heterocycles. The zero-order valence-corrected chi connectivity index (χ0v) is 17.5. The first kappa shape index (κ1) is 20.4. The van der Waals surface area contributed by atoms with Gasteiger partial charge in [-0.2, -0.15) is 0 Å². The molecule has 1 aliphatic carbocycles. The number of rotatable bonds is 6. The average Bonchev–Trinajstić information content (AvgIpc) is 2.88. The fourth-order valence-electron chi connectivity index (χ4n) is 3.84. The summed E-state index contributed by atoms with van der Waals surface area (Å²) < 4.78 is 10.7. The topological polar surface area (TPSA) is 52.6 Å². The molecule has 0 spiro atoms. The number of hydrogen-bond acceptors (Lipinski definition) is 4. The molecule has 2 rings (SSSR count). The van der Waals surface area contributed by atoms with Crippen LogP contribution in [0.3, 0.4) is 0 Å². The van der Waals surface area contributed by atoms with Crippen LogP contribution in [0.2, 0.25) is 13.1 Å². The van der Waals surface area contributed by atoms with E-state index in [0.717, 1.165) is 12.8 Å². The lowest BCUT2D eigenvalue weighted by Crippen LogP contribution is -2.40. The van der Waals surface area contributed by atoms with Crippen LogP contribution in [0.5, 0.6) is 0 Å². The Morgan fingerprint density at radius 2 is 1.65 bits per heavy atom. The van der Waals surface area contributed by atoms with Gasteiger partial charge in [-0.05, 0) is 18.8 Å². The Labute approximate surface area is 157 Å². The summed E-state index contributed by atoms with van der Waals surface area (Å²) in [4.78, 5) is 22.6. The van der Waals surface area contributed by atoms with E-state index in [9.17, 15) is 9.59 Å². The van der Waals surface area contributed by atoms with E-state index in [4.69, 9.17) is 9.47 Å². The Kier molecular flexibility index (Phi) is 6.45. The summed E-state index contributed by atoms with van der Waals surface area (Å²) in [6.45, 7) is 10.3. The SMILES string of the molecule is CC(=O)OCC1(COC(C)=O)C/C(=C/[Si](C)(C)c2ccccc2)C(C)C1. The van der Waals surface area contributed by atoms with E-state index < -0.39 is 8.07 Å². The molecule has 0 saturated heterocycles. The summed E-state index contributed by atoms with van der Waals surface area (Å²) in [6, 6.07) is 10.6. The maximum atomic E-state index is 11.3. The van der Waals surface area contributed by atoms with Gasteiger partial charge in [0.05, 0.1) is 0 Å². The normalized spacial score (nSPS) is 20.8. The van der Waals surface area contributed by atoms with Crippen LogP contribution in [0.25, 0.3) is 0 Å². The summed E-state index contributed by atoms with van der Waals surface area (Å²) in [6.07, 6.45) is 1.66. The molecular weight excluding hydrogens is 344 g/mol. The first-order valence-electron chi connectivity index (χ1n) is 9.17. The van der Waals surface area contributed by atoms with Gasteiger partial charge in [0.1, 0.15) is 21.3 Å². The van der Waals surface area contributed by atoms with Crippen LogP contribution in [-0.2, 0) is 19.1 Å². The maximum Gasteiger partial charge on any atom is 0.302 e. The molecule has 26 heavy (non-hydrogen) atoms. The molecule has 0 radical (unpaired) electrons. The highest BCUT2D eigenvalue weighted by Gasteiger charge is 2.43. The minimum Gasteiger partial charge on any atom is -0.465 e. The van der Waals surface area contributed by atoms with Crippen molar-refractivity contribution in [3.63, 3.8) is 0 Å². The van der Waals surface area contributed by atoms with Crippen molar-refractivity contribution < 1.29 is 19.1 Å². The lowest BCUT2D eigenvalue weighted by Gasteiger charge is -2.27. The van der Waals surface area contributed by atoms with E-state index in [-0.39, 0.29) is 17.4 Å². The van der Waals surface area contributed by atoms with Gasteiger partial charge in [0.2, 0.25) is 0 Å². The van der Waals surface area contributed by atoms with Crippen LogP contribution in [-0.4, -0.2) is 33.2 Å². The molecule has 1 fully saturated rings. The van der Waals surface area contributed by atoms with Gasteiger partial charge in [0.25, 0.3) is 0 Å². The summed E-state index contributed by atoms with van der Waals surface area (Å²) in [5.41, 5.74) is 3.55. The fourth-order valence-corrected chi connectivity index (χ4v) is 6.37. The van der Waals surface area contributed by atoms with E-state index in [1.807, 2.05) is 6.07 Å². The van der Waals surface area contributed by atoms with Crippen molar-refractivity contribution in [3.8, 4) is 0 Å². The molecular formula is C21H30O4Si. The van der Waals surface area contributed by atoms with E-state index in [1.54, 1.807) is 0 Å². The Hall–Kier alpha value is -1.88. The standard InChI is InChI=1S/C21H30O4Si/c1-16-11-21(14-24-17(2)22,15-25-18(3)23)12-19(16)13-26(4,5)20-9-7-6-8-10-20/h6-10,13,16H,11-12,14-15H2,1-5H3/b19-13-. The molecule has 4 nitrogen and oxygen atoms in total. The molecule has 1 aromatic rings. The third-order valence-electron chi connectivity index (χ3n) is 5.18. The van der Waals surface area contributed by atoms with Crippen molar-refractivity contribution in [3.05, 3.63) is 41.6 Å². The quantitative estimate of drug-likeness (QED) is 0.564. The van der Waals surface area contributed by atoms with Crippen molar-refractivity contribution in [1.29, 1.82) is 0 Å². The molecule has 0 bridgehead atoms. The van der Waals surface area contributed by atoms with E-state index >= 15 is 0 Å². The predicted molar refractivity (Wildman–Crippen MR) is 106 cm³/mol. The zero-order valence-electron chi connectivity index (χ0n) is 16.5. The largest absolute Gasteiger partial charge is 0.465 e. The molecule has 1 atom stereocenters. The summed E-state index contributed by atoms with van der Waals surface area (Å²) in [5, 5.41) is 1.40. The molecule has 0 aromatic heterocycles. The Morgan fingerprint density at radius 1 is 1.12 bits per heavy atom. The second-order valence-corrected chi connectivity index (χ2v) is 12.5. The van der Waals surface area contributed by atoms with E-state index in [2.05, 4.69) is 50.0 Å². The van der Waals surface area contributed by atoms with E-state index in [1.165, 1.54) is 24.6 Å². The molecule has 0 heterocycles. The van der Waals surface area contributed by atoms with Crippen molar-refractivity contribution in [2.24, 2.45) is 11.3 Å². The number of ether oxygens (including phenoxy) is 2. The summed E-state index contributed by atoms with van der Waals surface area (Å²) in [5.74, 6) is -0.204. The molecule has 1 aromatic carbocycles. The molecule has 5 heteroatoms. The zero-order chi connectivity index (χ0) is 19.4. The van der Waals surface area contributed by atoms with Crippen LogP contribution in [0, 0.1) is 11.3 Å². The van der Waals surface area contributed by atoms with Gasteiger partial charge < -0.3 is 9.47 Å². The second kappa shape index (κ2) is 8.21. The predicted octanol–water partition coefficient (Wildman–Crippen LogP) is 3.61. The molecule has 1 aliphatic rings. The lowest BCUT2D eigenvalue weighted by molar-refractivity contribution is -0.151. The molecule has 1 saturated carbocycles. The van der Waals surface area contributed by atoms with Crippen LogP contribution >= 0.6 is 0 Å². The molecule has 0 N–H and O–H groups in total. The summed E-state index contributed by atoms with van der Waals surface area (Å²) in [7, 11) is -1.72. The first-order chi connectivity index (χ1) is 12.1. The van der Waals surface area contributed by atoms with Gasteiger partial charge in [-0.1, -0.05) is 66.8 Å². The molecule has 1 unspecified atom stereocenters. The Morgan fingerprint density at radius 3 is 2.15 bits per heavy atom. The van der Waals surface area contributed by atoms with Crippen LogP contribution in [0.1, 0.15) is 33.6 Å². The highest BCUT2D eigenvalue weighted by Crippen LogP contribution is 2.46. The number of carbonyl (C=O) groups excluding carboxylic acids is 2. The minimum absolute atomic E-state index is 0.295. The average molecular weight is 375 g/mol. The van der Waals surface area contributed by atoms with Gasteiger partial charge >= 0.3 is 11.9 Å². The van der Waals surface area contributed by atoms with Gasteiger partial charge in [0, 0.05) is 19.3 Å². The molecule has 0 amide bonds. The third kappa shape index (κ3) is 5.31. The molecule has 142 valence electrons. The van der Waals surface area contributed by atoms with Gasteiger partial charge in [0.15, 0.2) is 0 Å². The van der Waals surface area contributed by atoms with E-state index in [0.29, 0.717) is 19.1 Å². The Balaban J connectivity index is 2.25. The van der Waals surface area contributed by atoms with Crippen LogP contribution < -0.4 is 5.19 Å². The summed E-state index contributed by atoms with van der Waals surface area (Å²) >= 11 is 0. The smallest absolute Gasteiger partial charge is 0.302 e. The lowest BCUT2D eigenvalue weighted by atomic mass is 9.87. The number of benzene rings is 1. The fraction of sp³-hybridized carbons (Fsp3) is 0.524. The van der Waals surface area contributed by atoms with Crippen molar-refractivity contribution in [2.45, 2.75) is 46.7 Å². The number of allylic oxidation sites excluding steroid dienone is 1. The van der Waals surface area contributed by atoms with Crippen LogP contribution in [0.15, 0.2) is 41.6 Å². The van der Waals surface area contributed by atoms with Gasteiger partial charge in [-0.3, -0.25) is 9.59 Å². The van der Waals surface area contributed by atoms with Crippen molar-refractivity contribution in [2.75, 3.05) is 13.2 Å². The van der Waals surface area contributed by atoms with Crippen molar-refractivity contribution in [1.82, 2.24) is 0 Å². The van der Waals surface area contributed by atoms with Gasteiger partial charge in [-0.25, -0.2) is 0 Å². The van der Waals surface area contributed by atoms with Crippen molar-refractivity contribution >= 4 is 25.2 Å². The minimum atomic E-state index is -1.72. The second-order valence-electron chi connectivity index (χ2n) is 8.15. The van der Waals surface area contributed by atoms with Gasteiger partial charge in [-0.15, -0.1) is 0 Å². The number of hydrogen-bond donors (Lipinski definition) is 0. The monoisotopic (exact) mass is 374 g/mol. The third-order valence-corrected chi connectivity index (χ3v) is 8.09. The van der Waals surface area contributed by atoms with Crippen LogP contribution in [0.4, 0.5) is 0 Å². The highest BCUT2D eigenvalue weighted by atomic mass is 28.3. The maximum absolute atomic E-state index is 11.3. The number of esters is 2. The number of carbonyl (C=O) groups is 2. The Bertz CT molecular complexity index is 661. The first-order valence-corrected chi connectivity index (χ1v) is 12.3. The highest BCUT2D eigenvalue weighted by molar-refractivity contribution is 6.94.